The molecule has 0 N–H and O–H groups in total. The lowest BCUT2D eigenvalue weighted by Crippen LogP contribution is -2.25. The fraction of sp³-hybridized carbons (Fsp3) is 1.00. The molecule has 0 unspecified atom stereocenters. The van der Waals surface area contributed by atoms with Gasteiger partial charge in [-0.2, -0.15) is 4.91 Å². The Kier molecular flexibility index (Phi) is 5.95. The van der Waals surface area contributed by atoms with Gasteiger partial charge in [-0.3, -0.25) is 0 Å². The lowest BCUT2D eigenvalue weighted by molar-refractivity contribution is 0.330. The van der Waals surface area contributed by atoms with E-state index in [2.05, 4.69) is 25.9 Å². The van der Waals surface area contributed by atoms with Crippen molar-refractivity contribution in [2.24, 2.45) is 5.18 Å². The van der Waals surface area contributed by atoms with E-state index in [1.165, 1.54) is 0 Å². The quantitative estimate of drug-likeness (QED) is 0.534. The molecule has 0 rings (SSSR count). The molecule has 0 spiro atoms. The molecule has 12 heavy (non-hydrogen) atoms. The van der Waals surface area contributed by atoms with Crippen LogP contribution in [0.4, 0.5) is 0 Å². The van der Waals surface area contributed by atoms with Gasteiger partial charge in [0.15, 0.2) is 0 Å². The second kappa shape index (κ2) is 6.15. The fourth-order valence-electron chi connectivity index (χ4n) is 1.91. The van der Waals surface area contributed by atoms with Gasteiger partial charge >= 0.3 is 0 Å². The Bertz CT molecular complexity index is 106. The van der Waals surface area contributed by atoms with Crippen LogP contribution in [-0.4, -0.2) is 5.54 Å². The van der Waals surface area contributed by atoms with Gasteiger partial charge in [0.2, 0.25) is 0 Å². The number of hydrogen-bond acceptors (Lipinski definition) is 2. The Morgan fingerprint density at radius 1 is 0.917 bits per heavy atom. The summed E-state index contributed by atoms with van der Waals surface area (Å²) in [7, 11) is 0. The third kappa shape index (κ3) is 3.33. The molecule has 2 nitrogen and oxygen atoms in total. The van der Waals surface area contributed by atoms with Crippen LogP contribution in [0.3, 0.4) is 0 Å². The Hall–Kier alpha value is -0.400. The van der Waals surface area contributed by atoms with Crippen molar-refractivity contribution in [1.29, 1.82) is 0 Å². The summed E-state index contributed by atoms with van der Waals surface area (Å²) in [6.45, 7) is 6.35. The molecule has 0 aliphatic heterocycles. The SMILES string of the molecule is CCCC(CCC)(CCC)N=O. The monoisotopic (exact) mass is 171 g/mol. The van der Waals surface area contributed by atoms with Crippen LogP contribution in [0, 0.1) is 4.91 Å². The Morgan fingerprint density at radius 3 is 1.42 bits per heavy atom. The maximum atomic E-state index is 10.7. The van der Waals surface area contributed by atoms with E-state index in [1.807, 2.05) is 0 Å². The third-order valence-electron chi connectivity index (χ3n) is 2.34. The minimum atomic E-state index is -0.238. The van der Waals surface area contributed by atoms with Crippen LogP contribution in [0.2, 0.25) is 0 Å². The molecule has 0 heterocycles. The zero-order chi connectivity index (χ0) is 9.45. The van der Waals surface area contributed by atoms with Gasteiger partial charge in [0.1, 0.15) is 5.54 Å². The fourth-order valence-corrected chi connectivity index (χ4v) is 1.91. The molecule has 72 valence electrons. The van der Waals surface area contributed by atoms with Crippen LogP contribution in [0.5, 0.6) is 0 Å². The lowest BCUT2D eigenvalue weighted by atomic mass is 9.85. The normalized spacial score (nSPS) is 11.6. The average Bonchev–Trinajstić information content (AvgIpc) is 2.06. The minimum absolute atomic E-state index is 0.238. The van der Waals surface area contributed by atoms with Crippen LogP contribution in [0.15, 0.2) is 5.18 Å². The molecular weight excluding hydrogens is 150 g/mol. The van der Waals surface area contributed by atoms with E-state index in [0.717, 1.165) is 38.5 Å². The van der Waals surface area contributed by atoms with Crippen LogP contribution in [0.25, 0.3) is 0 Å². The van der Waals surface area contributed by atoms with Crippen molar-refractivity contribution in [3.05, 3.63) is 4.91 Å². The van der Waals surface area contributed by atoms with Gasteiger partial charge in [-0.15, -0.1) is 0 Å². The highest BCUT2D eigenvalue weighted by Gasteiger charge is 2.28. The maximum Gasteiger partial charge on any atom is 0.103 e. The van der Waals surface area contributed by atoms with E-state index >= 15 is 0 Å². The number of nitroso groups, excluding NO2 is 1. The van der Waals surface area contributed by atoms with Gasteiger partial charge in [0.05, 0.1) is 0 Å². The van der Waals surface area contributed by atoms with Crippen LogP contribution < -0.4 is 0 Å². The third-order valence-corrected chi connectivity index (χ3v) is 2.34. The molecule has 0 aromatic rings. The molecule has 0 saturated carbocycles. The minimum Gasteiger partial charge on any atom is -0.150 e. The van der Waals surface area contributed by atoms with Crippen molar-refractivity contribution >= 4 is 0 Å². The maximum absolute atomic E-state index is 10.7. The molecule has 0 amide bonds. The van der Waals surface area contributed by atoms with Crippen molar-refractivity contribution in [3.8, 4) is 0 Å². The van der Waals surface area contributed by atoms with Crippen molar-refractivity contribution in [2.45, 2.75) is 64.8 Å². The molecule has 0 aliphatic rings. The van der Waals surface area contributed by atoms with Crippen molar-refractivity contribution in [1.82, 2.24) is 0 Å². The van der Waals surface area contributed by atoms with Gasteiger partial charge < -0.3 is 0 Å². The van der Waals surface area contributed by atoms with E-state index in [-0.39, 0.29) is 5.54 Å². The molecular formula is C10H21NO. The van der Waals surface area contributed by atoms with E-state index in [1.54, 1.807) is 0 Å². The summed E-state index contributed by atoms with van der Waals surface area (Å²) in [6, 6.07) is 0. The lowest BCUT2D eigenvalue weighted by Gasteiger charge is -2.24. The van der Waals surface area contributed by atoms with E-state index in [4.69, 9.17) is 0 Å². The first kappa shape index (κ1) is 11.6. The molecule has 0 bridgehead atoms. The number of rotatable bonds is 7. The Morgan fingerprint density at radius 2 is 1.25 bits per heavy atom. The molecule has 0 saturated heterocycles. The largest absolute Gasteiger partial charge is 0.150 e. The van der Waals surface area contributed by atoms with Gasteiger partial charge in [0.25, 0.3) is 0 Å². The predicted molar refractivity (Wildman–Crippen MR) is 53.3 cm³/mol. The van der Waals surface area contributed by atoms with Crippen molar-refractivity contribution in [2.75, 3.05) is 0 Å². The standard InChI is InChI=1S/C10H21NO/c1-4-7-10(11-12,8-5-2)9-6-3/h4-9H2,1-3H3. The predicted octanol–water partition coefficient (Wildman–Crippen LogP) is 3.89. The average molecular weight is 171 g/mol. The molecule has 0 aromatic carbocycles. The summed E-state index contributed by atoms with van der Waals surface area (Å²) >= 11 is 0. The zero-order valence-corrected chi connectivity index (χ0v) is 8.60. The van der Waals surface area contributed by atoms with Gasteiger partial charge in [-0.05, 0) is 19.3 Å². The highest BCUT2D eigenvalue weighted by atomic mass is 16.3. The van der Waals surface area contributed by atoms with Gasteiger partial charge in [-0.25, -0.2) is 0 Å². The number of hydrogen-bond donors (Lipinski definition) is 0. The smallest absolute Gasteiger partial charge is 0.103 e. The summed E-state index contributed by atoms with van der Waals surface area (Å²) in [5.41, 5.74) is -0.238. The van der Waals surface area contributed by atoms with E-state index in [9.17, 15) is 4.91 Å². The van der Waals surface area contributed by atoms with Crippen LogP contribution in [-0.2, 0) is 0 Å². The summed E-state index contributed by atoms with van der Waals surface area (Å²) in [6.07, 6.45) is 6.05. The highest BCUT2D eigenvalue weighted by Crippen LogP contribution is 2.29. The molecule has 0 aromatic heterocycles. The molecule has 0 aliphatic carbocycles. The first-order chi connectivity index (χ1) is 5.74. The summed E-state index contributed by atoms with van der Waals surface area (Å²) in [5, 5.41) is 3.34. The topological polar surface area (TPSA) is 29.4 Å². The van der Waals surface area contributed by atoms with E-state index < -0.39 is 0 Å². The molecule has 0 radical (unpaired) electrons. The summed E-state index contributed by atoms with van der Waals surface area (Å²) < 4.78 is 0. The van der Waals surface area contributed by atoms with Crippen LogP contribution >= 0.6 is 0 Å². The second-order valence-corrected chi connectivity index (χ2v) is 3.57. The summed E-state index contributed by atoms with van der Waals surface area (Å²) in [4.78, 5) is 10.7. The first-order valence-electron chi connectivity index (χ1n) is 5.09. The summed E-state index contributed by atoms with van der Waals surface area (Å²) in [5.74, 6) is 0. The molecule has 2 heteroatoms. The Labute approximate surface area is 75.7 Å². The van der Waals surface area contributed by atoms with E-state index in [0.29, 0.717) is 0 Å². The molecule has 0 fully saturated rings. The van der Waals surface area contributed by atoms with Crippen molar-refractivity contribution in [3.63, 3.8) is 0 Å². The molecule has 0 atom stereocenters. The van der Waals surface area contributed by atoms with Gasteiger partial charge in [0, 0.05) is 0 Å². The van der Waals surface area contributed by atoms with Crippen LogP contribution in [0.1, 0.15) is 59.3 Å². The van der Waals surface area contributed by atoms with Crippen molar-refractivity contribution < 1.29 is 0 Å². The highest BCUT2D eigenvalue weighted by molar-refractivity contribution is 4.86. The Balaban J connectivity index is 4.16. The number of nitrogens with zero attached hydrogens (tertiary/aromatic N) is 1. The first-order valence-corrected chi connectivity index (χ1v) is 5.09. The van der Waals surface area contributed by atoms with Gasteiger partial charge in [-0.1, -0.05) is 45.2 Å². The zero-order valence-electron chi connectivity index (χ0n) is 8.60. The second-order valence-electron chi connectivity index (χ2n) is 3.57.